The standard InChI is InChI=1S/C16H28N2OS/c1-6-19-16(9-7-15(3,4)8-10-16)14-18-13(11-20-14)12(2)17-5/h11-12,17H,6-10H2,1-5H3. The van der Waals surface area contributed by atoms with Crippen molar-refractivity contribution in [3.63, 3.8) is 0 Å². The van der Waals surface area contributed by atoms with Crippen molar-refractivity contribution in [3.8, 4) is 0 Å². The smallest absolute Gasteiger partial charge is 0.125 e. The van der Waals surface area contributed by atoms with Crippen LogP contribution in [0.5, 0.6) is 0 Å². The molecule has 2 rings (SSSR count). The Morgan fingerprint density at radius 1 is 1.35 bits per heavy atom. The minimum Gasteiger partial charge on any atom is -0.368 e. The molecule has 1 aromatic heterocycles. The summed E-state index contributed by atoms with van der Waals surface area (Å²) in [5.74, 6) is 0. The first-order chi connectivity index (χ1) is 9.42. The molecule has 1 heterocycles. The fourth-order valence-electron chi connectivity index (χ4n) is 2.87. The van der Waals surface area contributed by atoms with E-state index in [9.17, 15) is 0 Å². The summed E-state index contributed by atoms with van der Waals surface area (Å²) in [6.45, 7) is 9.72. The van der Waals surface area contributed by atoms with Crippen LogP contribution in [0.3, 0.4) is 0 Å². The number of nitrogens with one attached hydrogen (secondary N) is 1. The third-order valence-electron chi connectivity index (χ3n) is 4.62. The fourth-order valence-corrected chi connectivity index (χ4v) is 3.99. The van der Waals surface area contributed by atoms with Gasteiger partial charge in [-0.15, -0.1) is 11.3 Å². The summed E-state index contributed by atoms with van der Waals surface area (Å²) < 4.78 is 6.20. The van der Waals surface area contributed by atoms with E-state index in [1.54, 1.807) is 11.3 Å². The van der Waals surface area contributed by atoms with E-state index in [1.165, 1.54) is 17.8 Å². The molecular formula is C16H28N2OS. The maximum Gasteiger partial charge on any atom is 0.125 e. The second-order valence-corrected chi connectivity index (χ2v) is 7.54. The highest BCUT2D eigenvalue weighted by Gasteiger charge is 2.42. The van der Waals surface area contributed by atoms with Crippen LogP contribution in [0.15, 0.2) is 5.38 Å². The van der Waals surface area contributed by atoms with Crippen LogP contribution in [0.25, 0.3) is 0 Å². The molecule has 1 aliphatic rings. The van der Waals surface area contributed by atoms with E-state index >= 15 is 0 Å². The second kappa shape index (κ2) is 6.12. The van der Waals surface area contributed by atoms with E-state index in [4.69, 9.17) is 9.72 Å². The molecule has 0 spiro atoms. The molecular weight excluding hydrogens is 268 g/mol. The molecule has 1 saturated carbocycles. The van der Waals surface area contributed by atoms with E-state index in [0.29, 0.717) is 11.5 Å². The summed E-state index contributed by atoms with van der Waals surface area (Å²) in [6, 6.07) is 0.304. The maximum absolute atomic E-state index is 6.20. The topological polar surface area (TPSA) is 34.1 Å². The molecule has 0 bridgehead atoms. The van der Waals surface area contributed by atoms with Crippen molar-refractivity contribution in [2.75, 3.05) is 13.7 Å². The van der Waals surface area contributed by atoms with Crippen molar-refractivity contribution < 1.29 is 4.74 Å². The highest BCUT2D eigenvalue weighted by atomic mass is 32.1. The van der Waals surface area contributed by atoms with Gasteiger partial charge in [-0.05, 0) is 52.0 Å². The van der Waals surface area contributed by atoms with Crippen LogP contribution in [0.4, 0.5) is 0 Å². The molecule has 1 aliphatic carbocycles. The number of hydrogen-bond acceptors (Lipinski definition) is 4. The Morgan fingerprint density at radius 3 is 2.55 bits per heavy atom. The molecule has 1 fully saturated rings. The van der Waals surface area contributed by atoms with Crippen LogP contribution in [-0.4, -0.2) is 18.6 Å². The van der Waals surface area contributed by atoms with Gasteiger partial charge in [0.2, 0.25) is 0 Å². The predicted molar refractivity (Wildman–Crippen MR) is 85.1 cm³/mol. The van der Waals surface area contributed by atoms with Crippen molar-refractivity contribution in [1.82, 2.24) is 10.3 Å². The lowest BCUT2D eigenvalue weighted by Crippen LogP contribution is -2.37. The summed E-state index contributed by atoms with van der Waals surface area (Å²) in [5, 5.41) is 6.61. The van der Waals surface area contributed by atoms with Gasteiger partial charge in [-0.3, -0.25) is 0 Å². The molecule has 0 aliphatic heterocycles. The molecule has 3 nitrogen and oxygen atoms in total. The minimum atomic E-state index is -0.138. The zero-order chi connectivity index (χ0) is 14.8. The second-order valence-electron chi connectivity index (χ2n) is 6.68. The van der Waals surface area contributed by atoms with Crippen molar-refractivity contribution >= 4 is 11.3 Å². The van der Waals surface area contributed by atoms with Gasteiger partial charge in [-0.1, -0.05) is 13.8 Å². The predicted octanol–water partition coefficient (Wildman–Crippen LogP) is 4.26. The molecule has 4 heteroatoms. The first-order valence-electron chi connectivity index (χ1n) is 7.69. The molecule has 1 aromatic rings. The number of thiazole rings is 1. The van der Waals surface area contributed by atoms with Crippen molar-refractivity contribution in [1.29, 1.82) is 0 Å². The molecule has 1 atom stereocenters. The van der Waals surface area contributed by atoms with Crippen molar-refractivity contribution in [2.45, 2.75) is 65.0 Å². The van der Waals surface area contributed by atoms with Gasteiger partial charge < -0.3 is 10.1 Å². The summed E-state index contributed by atoms with van der Waals surface area (Å²) in [5.41, 5.74) is 1.44. The first kappa shape index (κ1) is 15.9. The van der Waals surface area contributed by atoms with Gasteiger partial charge in [-0.2, -0.15) is 0 Å². The zero-order valence-electron chi connectivity index (χ0n) is 13.5. The molecule has 0 aromatic carbocycles. The lowest BCUT2D eigenvalue weighted by atomic mass is 9.71. The zero-order valence-corrected chi connectivity index (χ0v) is 14.3. The number of aromatic nitrogens is 1. The normalized spacial score (nSPS) is 22.6. The Morgan fingerprint density at radius 2 is 2.00 bits per heavy atom. The fraction of sp³-hybridized carbons (Fsp3) is 0.812. The Hall–Kier alpha value is -0.450. The molecule has 114 valence electrons. The first-order valence-corrected chi connectivity index (χ1v) is 8.57. The maximum atomic E-state index is 6.20. The van der Waals surface area contributed by atoms with Crippen molar-refractivity contribution in [3.05, 3.63) is 16.1 Å². The number of nitrogens with zero attached hydrogens (tertiary/aromatic N) is 1. The van der Waals surface area contributed by atoms with Gasteiger partial charge in [0.05, 0.1) is 5.69 Å². The van der Waals surface area contributed by atoms with Crippen LogP contribution >= 0.6 is 11.3 Å². The number of ether oxygens (including phenoxy) is 1. The average Bonchev–Trinajstić information content (AvgIpc) is 2.91. The van der Waals surface area contributed by atoms with E-state index in [0.717, 1.165) is 25.1 Å². The number of hydrogen-bond donors (Lipinski definition) is 1. The van der Waals surface area contributed by atoms with Crippen LogP contribution in [0.2, 0.25) is 0 Å². The molecule has 20 heavy (non-hydrogen) atoms. The summed E-state index contributed by atoms with van der Waals surface area (Å²) in [4.78, 5) is 4.87. The van der Waals surface area contributed by atoms with Gasteiger partial charge in [-0.25, -0.2) is 4.98 Å². The van der Waals surface area contributed by atoms with Gasteiger partial charge in [0.15, 0.2) is 0 Å². The molecule has 0 radical (unpaired) electrons. The minimum absolute atomic E-state index is 0.138. The van der Waals surface area contributed by atoms with Gasteiger partial charge in [0, 0.05) is 18.0 Å². The van der Waals surface area contributed by atoms with E-state index in [2.05, 4.69) is 38.4 Å². The molecule has 0 saturated heterocycles. The largest absolute Gasteiger partial charge is 0.368 e. The highest BCUT2D eigenvalue weighted by molar-refractivity contribution is 7.09. The summed E-state index contributed by atoms with van der Waals surface area (Å²) >= 11 is 1.76. The van der Waals surface area contributed by atoms with E-state index < -0.39 is 0 Å². The Balaban J connectivity index is 2.22. The van der Waals surface area contributed by atoms with Gasteiger partial charge in [0.1, 0.15) is 10.6 Å². The van der Waals surface area contributed by atoms with Gasteiger partial charge in [0.25, 0.3) is 0 Å². The number of rotatable bonds is 5. The van der Waals surface area contributed by atoms with Crippen LogP contribution < -0.4 is 5.32 Å². The Labute approximate surface area is 127 Å². The lowest BCUT2D eigenvalue weighted by Gasteiger charge is -2.42. The molecule has 0 amide bonds. The average molecular weight is 296 g/mol. The summed E-state index contributed by atoms with van der Waals surface area (Å²) in [6.07, 6.45) is 4.61. The summed E-state index contributed by atoms with van der Waals surface area (Å²) in [7, 11) is 1.98. The third kappa shape index (κ3) is 3.23. The SMILES string of the molecule is CCOC1(c2nc(C(C)NC)cs2)CCC(C)(C)CC1. The lowest BCUT2D eigenvalue weighted by molar-refractivity contribution is -0.0891. The molecule has 1 unspecified atom stereocenters. The van der Waals surface area contributed by atoms with E-state index in [1.807, 2.05) is 7.05 Å². The monoisotopic (exact) mass is 296 g/mol. The van der Waals surface area contributed by atoms with Crippen LogP contribution in [-0.2, 0) is 10.3 Å². The van der Waals surface area contributed by atoms with E-state index in [-0.39, 0.29) is 5.60 Å². The Kier molecular flexibility index (Phi) is 4.88. The quantitative estimate of drug-likeness (QED) is 0.881. The van der Waals surface area contributed by atoms with Gasteiger partial charge >= 0.3 is 0 Å². The highest BCUT2D eigenvalue weighted by Crippen LogP contribution is 2.48. The van der Waals surface area contributed by atoms with Crippen LogP contribution in [0, 0.1) is 5.41 Å². The molecule has 1 N–H and O–H groups in total. The van der Waals surface area contributed by atoms with Crippen molar-refractivity contribution in [2.24, 2.45) is 5.41 Å². The third-order valence-corrected chi connectivity index (χ3v) is 5.67. The Bertz CT molecular complexity index is 431. The van der Waals surface area contributed by atoms with Crippen LogP contribution in [0.1, 0.15) is 70.1 Å².